The zero-order valence-corrected chi connectivity index (χ0v) is 15.1. The van der Waals surface area contributed by atoms with Gasteiger partial charge in [-0.3, -0.25) is 15.6 Å². The molecule has 0 saturated carbocycles. The van der Waals surface area contributed by atoms with Gasteiger partial charge in [0.2, 0.25) is 0 Å². The number of benzene rings is 2. The summed E-state index contributed by atoms with van der Waals surface area (Å²) in [6.45, 7) is 1.62. The smallest absolute Gasteiger partial charge is 0.279 e. The summed E-state index contributed by atoms with van der Waals surface area (Å²) in [5, 5.41) is 2.98. The number of nitrogens with one attached hydrogen (secondary N) is 3. The Morgan fingerprint density at radius 1 is 1.12 bits per heavy atom. The Morgan fingerprint density at radius 3 is 2.38 bits per heavy atom. The molecular formula is C16H15BrFN3O2S. The Kier molecular flexibility index (Phi) is 6.51. The van der Waals surface area contributed by atoms with Crippen molar-refractivity contribution in [2.75, 3.05) is 5.32 Å². The average Bonchev–Trinajstić information content (AvgIpc) is 2.57. The zero-order chi connectivity index (χ0) is 17.5. The number of hydrogen-bond donors (Lipinski definition) is 3. The molecule has 0 heterocycles. The molecule has 2 rings (SSSR count). The molecule has 0 fully saturated rings. The average molecular weight is 412 g/mol. The van der Waals surface area contributed by atoms with Crippen molar-refractivity contribution in [3.63, 3.8) is 0 Å². The highest BCUT2D eigenvalue weighted by Crippen LogP contribution is 2.17. The van der Waals surface area contributed by atoms with Crippen LogP contribution in [0.2, 0.25) is 0 Å². The van der Waals surface area contributed by atoms with Crippen LogP contribution in [-0.2, 0) is 4.79 Å². The zero-order valence-electron chi connectivity index (χ0n) is 12.7. The molecule has 0 saturated heterocycles. The first-order valence-corrected chi connectivity index (χ1v) is 8.19. The van der Waals surface area contributed by atoms with E-state index in [-0.39, 0.29) is 16.8 Å². The largest absolute Gasteiger partial charge is 0.481 e. The molecule has 1 amide bonds. The van der Waals surface area contributed by atoms with E-state index < -0.39 is 6.10 Å². The van der Waals surface area contributed by atoms with Crippen molar-refractivity contribution in [1.82, 2.24) is 10.9 Å². The lowest BCUT2D eigenvalue weighted by atomic mass is 10.3. The predicted octanol–water partition coefficient (Wildman–Crippen LogP) is 3.37. The van der Waals surface area contributed by atoms with Gasteiger partial charge in [-0.05, 0) is 67.7 Å². The summed E-state index contributed by atoms with van der Waals surface area (Å²) in [5.41, 5.74) is 5.60. The molecule has 0 radical (unpaired) electrons. The van der Waals surface area contributed by atoms with E-state index in [1.54, 1.807) is 19.1 Å². The lowest BCUT2D eigenvalue weighted by Crippen LogP contribution is -2.48. The van der Waals surface area contributed by atoms with Gasteiger partial charge in [0.15, 0.2) is 11.2 Å². The topological polar surface area (TPSA) is 62.4 Å². The predicted molar refractivity (Wildman–Crippen MR) is 98.1 cm³/mol. The van der Waals surface area contributed by atoms with E-state index >= 15 is 0 Å². The van der Waals surface area contributed by atoms with E-state index in [1.165, 1.54) is 24.3 Å². The highest BCUT2D eigenvalue weighted by Gasteiger charge is 2.14. The maximum atomic E-state index is 12.8. The van der Waals surface area contributed by atoms with Crippen molar-refractivity contribution >= 4 is 44.9 Å². The van der Waals surface area contributed by atoms with Crippen LogP contribution in [0.1, 0.15) is 6.92 Å². The number of carbonyl (C=O) groups excluding carboxylic acids is 1. The van der Waals surface area contributed by atoms with Crippen LogP contribution in [0.4, 0.5) is 10.1 Å². The third kappa shape index (κ3) is 5.78. The third-order valence-corrected chi connectivity index (χ3v) is 3.63. The van der Waals surface area contributed by atoms with Gasteiger partial charge in [0.1, 0.15) is 11.6 Å². The maximum absolute atomic E-state index is 12.8. The Bertz CT molecular complexity index is 710. The first kappa shape index (κ1) is 18.2. The lowest BCUT2D eigenvalue weighted by Gasteiger charge is -2.16. The minimum Gasteiger partial charge on any atom is -0.481 e. The first-order valence-electron chi connectivity index (χ1n) is 6.98. The normalized spacial score (nSPS) is 11.3. The summed E-state index contributed by atoms with van der Waals surface area (Å²) in [6, 6.07) is 12.8. The van der Waals surface area contributed by atoms with Gasteiger partial charge in [0.05, 0.1) is 0 Å². The minimum atomic E-state index is -0.715. The van der Waals surface area contributed by atoms with Crippen LogP contribution < -0.4 is 20.9 Å². The molecule has 0 aromatic heterocycles. The van der Waals surface area contributed by atoms with Crippen molar-refractivity contribution < 1.29 is 13.9 Å². The van der Waals surface area contributed by atoms with E-state index in [4.69, 9.17) is 17.0 Å². The summed E-state index contributed by atoms with van der Waals surface area (Å²) in [5.74, 6) is -0.152. The van der Waals surface area contributed by atoms with Gasteiger partial charge in [-0.2, -0.15) is 0 Å². The second kappa shape index (κ2) is 8.60. The van der Waals surface area contributed by atoms with Gasteiger partial charge in [-0.25, -0.2) is 4.39 Å². The summed E-state index contributed by atoms with van der Waals surface area (Å²) < 4.78 is 19.3. The fraction of sp³-hybridized carbons (Fsp3) is 0.125. The third-order valence-electron chi connectivity index (χ3n) is 2.90. The summed E-state index contributed by atoms with van der Waals surface area (Å²) in [6.07, 6.45) is -0.715. The fourth-order valence-corrected chi connectivity index (χ4v) is 2.12. The highest BCUT2D eigenvalue weighted by atomic mass is 79.9. The van der Waals surface area contributed by atoms with Crippen molar-refractivity contribution in [3.05, 3.63) is 58.8 Å². The Hall–Kier alpha value is -2.19. The number of anilines is 1. The Morgan fingerprint density at radius 2 is 1.75 bits per heavy atom. The van der Waals surface area contributed by atoms with Crippen LogP contribution in [0.25, 0.3) is 0 Å². The van der Waals surface area contributed by atoms with E-state index in [0.29, 0.717) is 11.4 Å². The van der Waals surface area contributed by atoms with E-state index in [2.05, 4.69) is 32.1 Å². The molecule has 2 aromatic carbocycles. The van der Waals surface area contributed by atoms with Crippen LogP contribution in [0.15, 0.2) is 53.0 Å². The molecular weight excluding hydrogens is 397 g/mol. The summed E-state index contributed by atoms with van der Waals surface area (Å²) in [7, 11) is 0. The SMILES string of the molecule is C[C@H](Oc1ccc(Br)cc1)C(=O)NNC(=S)Nc1ccc(F)cc1. The number of carbonyl (C=O) groups is 1. The minimum absolute atomic E-state index is 0.172. The van der Waals surface area contributed by atoms with E-state index in [0.717, 1.165) is 4.47 Å². The number of ether oxygens (including phenoxy) is 1. The maximum Gasteiger partial charge on any atom is 0.279 e. The van der Waals surface area contributed by atoms with Gasteiger partial charge in [0, 0.05) is 10.2 Å². The molecule has 8 heteroatoms. The quantitative estimate of drug-likeness (QED) is 0.531. The van der Waals surface area contributed by atoms with Crippen molar-refractivity contribution in [2.45, 2.75) is 13.0 Å². The van der Waals surface area contributed by atoms with Crippen LogP contribution in [0.5, 0.6) is 5.75 Å². The van der Waals surface area contributed by atoms with Gasteiger partial charge < -0.3 is 10.1 Å². The van der Waals surface area contributed by atoms with Gasteiger partial charge in [-0.15, -0.1) is 0 Å². The number of hydrazine groups is 1. The number of halogens is 2. The molecule has 0 bridgehead atoms. The second-order valence-corrected chi connectivity index (χ2v) is 6.11. The molecule has 0 unspecified atom stereocenters. The van der Waals surface area contributed by atoms with Crippen molar-refractivity contribution in [1.29, 1.82) is 0 Å². The fourth-order valence-electron chi connectivity index (χ4n) is 1.69. The van der Waals surface area contributed by atoms with Gasteiger partial charge in [-0.1, -0.05) is 15.9 Å². The van der Waals surface area contributed by atoms with Crippen molar-refractivity contribution in [3.8, 4) is 5.75 Å². The number of thiocarbonyl (C=S) groups is 1. The van der Waals surface area contributed by atoms with E-state index in [9.17, 15) is 9.18 Å². The summed E-state index contributed by atoms with van der Waals surface area (Å²) >= 11 is 8.37. The van der Waals surface area contributed by atoms with Gasteiger partial charge in [0.25, 0.3) is 5.91 Å². The first-order chi connectivity index (χ1) is 11.4. The second-order valence-electron chi connectivity index (χ2n) is 4.79. The molecule has 0 aliphatic rings. The van der Waals surface area contributed by atoms with Crippen LogP contribution in [0.3, 0.4) is 0 Å². The molecule has 5 nitrogen and oxygen atoms in total. The van der Waals surface area contributed by atoms with Crippen LogP contribution >= 0.6 is 28.1 Å². The highest BCUT2D eigenvalue weighted by molar-refractivity contribution is 9.10. The van der Waals surface area contributed by atoms with Crippen LogP contribution in [0, 0.1) is 5.82 Å². The summed E-state index contributed by atoms with van der Waals surface area (Å²) in [4.78, 5) is 12.0. The molecule has 1 atom stereocenters. The number of rotatable bonds is 4. The monoisotopic (exact) mass is 411 g/mol. The van der Waals surface area contributed by atoms with Gasteiger partial charge >= 0.3 is 0 Å². The molecule has 0 aliphatic carbocycles. The number of amides is 1. The molecule has 2 aromatic rings. The standard InChI is InChI=1S/C16H15BrFN3O2S/c1-10(23-14-8-2-11(17)3-9-14)15(22)20-21-16(24)19-13-6-4-12(18)5-7-13/h2-10H,1H3,(H,20,22)(H2,19,21,24)/t10-/m0/s1. The van der Waals surface area contributed by atoms with Crippen LogP contribution in [-0.4, -0.2) is 17.1 Å². The molecule has 24 heavy (non-hydrogen) atoms. The Balaban J connectivity index is 1.77. The van der Waals surface area contributed by atoms with E-state index in [1.807, 2.05) is 12.1 Å². The Labute approximate surface area is 152 Å². The lowest BCUT2D eigenvalue weighted by molar-refractivity contribution is -0.127. The van der Waals surface area contributed by atoms with Crippen molar-refractivity contribution in [2.24, 2.45) is 0 Å². The molecule has 126 valence electrons. The molecule has 0 aliphatic heterocycles. The molecule has 0 spiro atoms. The number of hydrogen-bond acceptors (Lipinski definition) is 3. The molecule has 3 N–H and O–H groups in total.